The largest absolute Gasteiger partial charge is 0.463 e. The van der Waals surface area contributed by atoms with Gasteiger partial charge in [0.2, 0.25) is 0 Å². The molecule has 2 saturated heterocycles. The van der Waals surface area contributed by atoms with Gasteiger partial charge in [0.15, 0.2) is 18.4 Å². The molecule has 0 amide bonds. The van der Waals surface area contributed by atoms with Gasteiger partial charge in [0.05, 0.1) is 0 Å². The van der Waals surface area contributed by atoms with Gasteiger partial charge in [-0.05, 0) is 19.3 Å². The number of hydrogen-bond donors (Lipinski definition) is 1. The van der Waals surface area contributed by atoms with Crippen molar-refractivity contribution in [1.82, 2.24) is 9.55 Å². The van der Waals surface area contributed by atoms with E-state index in [1.54, 1.807) is 0 Å². The Morgan fingerprint density at radius 1 is 1.00 bits per heavy atom. The van der Waals surface area contributed by atoms with Crippen molar-refractivity contribution in [3.05, 3.63) is 26.9 Å². The van der Waals surface area contributed by atoms with E-state index >= 15 is 0 Å². The van der Waals surface area contributed by atoms with Crippen molar-refractivity contribution in [2.45, 2.75) is 64.6 Å². The Hall–Kier alpha value is -3.15. The molecule has 2 aliphatic heterocycles. The molecule has 3 rings (SSSR count). The molecule has 12 nitrogen and oxygen atoms in total. The van der Waals surface area contributed by atoms with Gasteiger partial charge in [-0.1, -0.05) is 0 Å². The highest BCUT2D eigenvalue weighted by Gasteiger charge is 2.51. The zero-order valence-corrected chi connectivity index (χ0v) is 18.2. The SMILES string of the molecule is CC(=O)OC[C@H]1O[C@@H](n2c(N3CCCCC3)cc(=O)[nH]c2=O)[C@H](OC(C)=O)[C@@H]1OC(C)=O. The molecule has 1 aromatic heterocycles. The maximum absolute atomic E-state index is 12.9. The molecule has 0 saturated carbocycles. The normalized spacial score (nSPS) is 25.3. The molecule has 0 aliphatic carbocycles. The fourth-order valence-electron chi connectivity index (χ4n) is 4.01. The third-order valence-corrected chi connectivity index (χ3v) is 5.23. The molecular weight excluding hydrogens is 426 g/mol. The first-order chi connectivity index (χ1) is 15.2. The topological polar surface area (TPSA) is 146 Å². The second kappa shape index (κ2) is 9.98. The molecule has 3 heterocycles. The lowest BCUT2D eigenvalue weighted by Gasteiger charge is -2.33. The van der Waals surface area contributed by atoms with E-state index in [4.69, 9.17) is 18.9 Å². The van der Waals surface area contributed by atoms with Crippen molar-refractivity contribution in [3.8, 4) is 0 Å². The molecule has 1 aromatic rings. The highest BCUT2D eigenvalue weighted by atomic mass is 16.7. The van der Waals surface area contributed by atoms with Crippen LogP contribution >= 0.6 is 0 Å². The highest BCUT2D eigenvalue weighted by Crippen LogP contribution is 2.36. The predicted octanol–water partition coefficient (Wildman–Crippen LogP) is -0.149. The van der Waals surface area contributed by atoms with Crippen LogP contribution in [0.5, 0.6) is 0 Å². The van der Waals surface area contributed by atoms with E-state index in [-0.39, 0.29) is 6.61 Å². The summed E-state index contributed by atoms with van der Waals surface area (Å²) >= 11 is 0. The molecule has 0 spiro atoms. The first-order valence-electron chi connectivity index (χ1n) is 10.4. The first kappa shape index (κ1) is 23.5. The minimum absolute atomic E-state index is 0.293. The van der Waals surface area contributed by atoms with Crippen molar-refractivity contribution in [3.63, 3.8) is 0 Å². The van der Waals surface area contributed by atoms with Gasteiger partial charge in [-0.25, -0.2) is 9.36 Å². The number of hydrogen-bond acceptors (Lipinski definition) is 10. The fourth-order valence-corrected chi connectivity index (χ4v) is 4.01. The van der Waals surface area contributed by atoms with Gasteiger partial charge in [0.1, 0.15) is 18.5 Å². The van der Waals surface area contributed by atoms with Gasteiger partial charge in [0, 0.05) is 39.9 Å². The second-order valence-corrected chi connectivity index (χ2v) is 7.73. The number of nitrogens with zero attached hydrogens (tertiary/aromatic N) is 2. The van der Waals surface area contributed by atoms with Crippen LogP contribution in [0.2, 0.25) is 0 Å². The summed E-state index contributed by atoms with van der Waals surface area (Å²) in [6, 6.07) is 1.28. The lowest BCUT2D eigenvalue weighted by atomic mass is 10.1. The summed E-state index contributed by atoms with van der Waals surface area (Å²) in [6.07, 6.45) is -1.82. The van der Waals surface area contributed by atoms with Crippen LogP contribution in [0, 0.1) is 0 Å². The Balaban J connectivity index is 2.08. The number of aromatic amines is 1. The number of carbonyl (C=O) groups is 3. The number of esters is 3. The fraction of sp³-hybridized carbons (Fsp3) is 0.650. The van der Waals surface area contributed by atoms with E-state index < -0.39 is 53.7 Å². The van der Waals surface area contributed by atoms with Crippen LogP contribution in [-0.2, 0) is 33.3 Å². The van der Waals surface area contributed by atoms with Crippen molar-refractivity contribution in [2.75, 3.05) is 24.6 Å². The van der Waals surface area contributed by atoms with Crippen LogP contribution in [0.4, 0.5) is 5.82 Å². The van der Waals surface area contributed by atoms with Crippen molar-refractivity contribution < 1.29 is 33.3 Å². The maximum atomic E-state index is 12.9. The van der Waals surface area contributed by atoms with Crippen LogP contribution in [0.15, 0.2) is 15.7 Å². The molecule has 176 valence electrons. The Kier molecular flexibility index (Phi) is 7.33. The number of rotatable bonds is 6. The summed E-state index contributed by atoms with van der Waals surface area (Å²) in [6.45, 7) is 4.50. The van der Waals surface area contributed by atoms with E-state index in [1.807, 2.05) is 4.90 Å². The molecule has 2 fully saturated rings. The van der Waals surface area contributed by atoms with E-state index in [1.165, 1.54) is 31.4 Å². The number of carbonyl (C=O) groups excluding carboxylic acids is 3. The van der Waals surface area contributed by atoms with Crippen LogP contribution in [0.1, 0.15) is 46.3 Å². The van der Waals surface area contributed by atoms with Gasteiger partial charge in [-0.15, -0.1) is 0 Å². The molecule has 4 atom stereocenters. The average molecular weight is 453 g/mol. The number of H-pyrrole nitrogens is 1. The number of nitrogens with one attached hydrogen (secondary N) is 1. The lowest BCUT2D eigenvalue weighted by Crippen LogP contribution is -2.45. The molecule has 0 radical (unpaired) electrons. The van der Waals surface area contributed by atoms with Gasteiger partial charge in [-0.2, -0.15) is 0 Å². The monoisotopic (exact) mass is 453 g/mol. The molecule has 0 unspecified atom stereocenters. The van der Waals surface area contributed by atoms with Crippen LogP contribution in [0.25, 0.3) is 0 Å². The average Bonchev–Trinajstić information content (AvgIpc) is 3.02. The van der Waals surface area contributed by atoms with Crippen LogP contribution < -0.4 is 16.1 Å². The summed E-state index contributed by atoms with van der Waals surface area (Å²) in [5.41, 5.74) is -1.35. The number of aromatic nitrogens is 2. The smallest absolute Gasteiger partial charge is 0.332 e. The molecule has 12 heteroatoms. The zero-order valence-electron chi connectivity index (χ0n) is 18.2. The van der Waals surface area contributed by atoms with E-state index in [0.717, 1.165) is 19.3 Å². The van der Waals surface area contributed by atoms with Crippen molar-refractivity contribution in [2.24, 2.45) is 0 Å². The molecule has 32 heavy (non-hydrogen) atoms. The molecule has 0 bridgehead atoms. The van der Waals surface area contributed by atoms with E-state index in [9.17, 15) is 24.0 Å². The predicted molar refractivity (Wildman–Crippen MR) is 109 cm³/mol. The Labute approximate surface area is 183 Å². The Morgan fingerprint density at radius 2 is 1.62 bits per heavy atom. The van der Waals surface area contributed by atoms with E-state index in [0.29, 0.717) is 18.9 Å². The van der Waals surface area contributed by atoms with Gasteiger partial charge >= 0.3 is 23.6 Å². The lowest BCUT2D eigenvalue weighted by molar-refractivity contribution is -0.166. The summed E-state index contributed by atoms with van der Waals surface area (Å²) in [5, 5.41) is 0. The van der Waals surface area contributed by atoms with Crippen LogP contribution in [0.3, 0.4) is 0 Å². The number of piperidine rings is 1. The Morgan fingerprint density at radius 3 is 2.22 bits per heavy atom. The van der Waals surface area contributed by atoms with Gasteiger partial charge < -0.3 is 23.8 Å². The molecule has 1 N–H and O–H groups in total. The third kappa shape index (κ3) is 5.36. The van der Waals surface area contributed by atoms with Crippen molar-refractivity contribution >= 4 is 23.7 Å². The summed E-state index contributed by atoms with van der Waals surface area (Å²) in [4.78, 5) is 64.0. The first-order valence-corrected chi connectivity index (χ1v) is 10.4. The molecule has 0 aromatic carbocycles. The second-order valence-electron chi connectivity index (χ2n) is 7.73. The van der Waals surface area contributed by atoms with E-state index in [2.05, 4.69) is 4.98 Å². The standard InChI is InChI=1S/C20H27N3O9/c1-11(24)29-10-14-17(30-12(2)25)18(31-13(3)26)19(32-14)23-16(9-15(27)21-20(23)28)22-7-5-4-6-8-22/h9,14,17-19H,4-8,10H2,1-3H3,(H,21,27,28)/t14-,17-,18-,19-/m1/s1. The summed E-state index contributed by atoms with van der Waals surface area (Å²) in [5.74, 6) is -1.65. The Bertz CT molecular complexity index is 979. The minimum atomic E-state index is -1.23. The minimum Gasteiger partial charge on any atom is -0.463 e. The molecule has 2 aliphatic rings. The van der Waals surface area contributed by atoms with Gasteiger partial charge in [-0.3, -0.25) is 24.2 Å². The summed E-state index contributed by atoms with van der Waals surface area (Å²) in [7, 11) is 0. The van der Waals surface area contributed by atoms with Gasteiger partial charge in [0.25, 0.3) is 5.56 Å². The van der Waals surface area contributed by atoms with Crippen molar-refractivity contribution in [1.29, 1.82) is 0 Å². The zero-order chi connectivity index (χ0) is 23.4. The summed E-state index contributed by atoms with van der Waals surface area (Å²) < 4.78 is 22.9. The number of ether oxygens (including phenoxy) is 4. The molecular formula is C20H27N3O9. The quantitative estimate of drug-likeness (QED) is 0.456. The highest BCUT2D eigenvalue weighted by molar-refractivity contribution is 5.68. The van der Waals surface area contributed by atoms with Crippen LogP contribution in [-0.4, -0.2) is 65.5 Å². The maximum Gasteiger partial charge on any atom is 0.332 e. The number of anilines is 1. The third-order valence-electron chi connectivity index (χ3n) is 5.23.